The monoisotopic (exact) mass is 1130 g/mol. The van der Waals surface area contributed by atoms with Crippen LogP contribution in [0, 0.1) is 32.1 Å². The van der Waals surface area contributed by atoms with Crippen molar-refractivity contribution in [2.24, 2.45) is 0 Å². The number of nitriles is 1. The first-order chi connectivity index (χ1) is 39.8. The van der Waals surface area contributed by atoms with Crippen LogP contribution in [0.25, 0.3) is 0 Å². The summed E-state index contributed by atoms with van der Waals surface area (Å²) in [6.07, 6.45) is 4.45. The van der Waals surface area contributed by atoms with Crippen LogP contribution in [0.3, 0.4) is 0 Å². The van der Waals surface area contributed by atoms with Crippen LogP contribution in [0.4, 0.5) is 22.7 Å². The van der Waals surface area contributed by atoms with Crippen molar-refractivity contribution in [3.63, 3.8) is 0 Å². The summed E-state index contributed by atoms with van der Waals surface area (Å²) in [5, 5.41) is 37.5. The van der Waals surface area contributed by atoms with Crippen LogP contribution in [0.2, 0.25) is 0 Å². The molecule has 0 bridgehead atoms. The van der Waals surface area contributed by atoms with E-state index in [1.54, 1.807) is 67.6 Å². The van der Waals surface area contributed by atoms with Gasteiger partial charge in [0.2, 0.25) is 33.7 Å². The molecule has 0 saturated heterocycles. The van der Waals surface area contributed by atoms with Gasteiger partial charge < -0.3 is 31.5 Å². The third-order valence-corrected chi connectivity index (χ3v) is 13.6. The fraction of sp³-hybridized carbons (Fsp3) is 0.167. The molecule has 0 unspecified atom stereocenters. The van der Waals surface area contributed by atoms with E-state index in [4.69, 9.17) is 15.5 Å². The van der Waals surface area contributed by atoms with E-state index in [0.717, 1.165) is 36.1 Å². The van der Waals surface area contributed by atoms with E-state index in [1.807, 2.05) is 135 Å². The molecule has 8 aromatic rings. The van der Waals surface area contributed by atoms with Gasteiger partial charge in [0.05, 0.1) is 34.2 Å². The molecule has 0 fully saturated rings. The van der Waals surface area contributed by atoms with Gasteiger partial charge in [0.1, 0.15) is 0 Å². The van der Waals surface area contributed by atoms with Gasteiger partial charge in [0.15, 0.2) is 0 Å². The van der Waals surface area contributed by atoms with Crippen molar-refractivity contribution in [3.8, 4) is 6.07 Å². The van der Waals surface area contributed by atoms with Gasteiger partial charge in [-0.25, -0.2) is 22.7 Å². The van der Waals surface area contributed by atoms with Crippen molar-refractivity contribution < 1.29 is 47.4 Å². The lowest BCUT2D eigenvalue weighted by molar-refractivity contribution is -0.117. The lowest BCUT2D eigenvalue weighted by Crippen LogP contribution is -2.32. The zero-order valence-corrected chi connectivity index (χ0v) is 47.1. The summed E-state index contributed by atoms with van der Waals surface area (Å²) >= 11 is 0. The minimum atomic E-state index is -3.73. The molecule has 17 heteroatoms. The molecule has 0 spiro atoms. The molecule has 16 nitrogen and oxygen atoms in total. The van der Waals surface area contributed by atoms with Crippen LogP contribution in [0.5, 0.6) is 0 Å². The Morgan fingerprint density at radius 1 is 0.446 bits per heavy atom. The zero-order chi connectivity index (χ0) is 60.0. The van der Waals surface area contributed by atoms with E-state index in [2.05, 4.69) is 26.0 Å². The highest BCUT2D eigenvalue weighted by Gasteiger charge is 2.16. The van der Waals surface area contributed by atoms with E-state index in [-0.39, 0.29) is 40.3 Å². The standard InChI is InChI=1S/2C17H17NO3.C16H15N3O3S.C16H17NO/c1-12-11-14(8-9-15(12)17(20)21)18-16(19)10-7-13-5-3-2-4-6-13;19-16(8-4-7-13-5-2-1-3-6-13)18-15-11-9-14(10-12-15)17(20)21;1-12-2-8-15(9-3-12)23(21,22)18-11-16(20)19-14-6-4-13(10-17)5-7-14;1-13-7-10-15(11-8-13)17-16(18)12-9-14-5-3-2-4-6-14/h2-6,8-9,11H,7,10H2,1H3,(H,18,19)(H,20,21);1-3,5-6,9-12H,4,7-8H2,(H,18,19)(H,20,21);2-9,18H,11H2,1H3,(H,19,20);2-8,10-11H,9,12H2,1H3,(H,17,18). The summed E-state index contributed by atoms with van der Waals surface area (Å²) in [4.78, 5) is 69.0. The molecule has 0 heterocycles. The summed E-state index contributed by atoms with van der Waals surface area (Å²) in [7, 11) is -3.73. The minimum absolute atomic E-state index is 0.0581. The molecule has 4 amide bonds. The number of nitrogens with zero attached hydrogens (tertiary/aromatic N) is 1. The second-order valence-electron chi connectivity index (χ2n) is 18.9. The largest absolute Gasteiger partial charge is 0.478 e. The van der Waals surface area contributed by atoms with Crippen LogP contribution in [0.15, 0.2) is 211 Å². The predicted octanol–water partition coefficient (Wildman–Crippen LogP) is 12.0. The highest BCUT2D eigenvalue weighted by molar-refractivity contribution is 7.89. The third kappa shape index (κ3) is 24.1. The molecular weight excluding hydrogens is 1070 g/mol. The lowest BCUT2D eigenvalue weighted by atomic mass is 10.1. The Morgan fingerprint density at radius 3 is 1.29 bits per heavy atom. The predicted molar refractivity (Wildman–Crippen MR) is 324 cm³/mol. The number of aryl methyl sites for hydroxylation is 6. The number of anilines is 4. The number of aromatic carboxylic acids is 2. The molecule has 0 aliphatic rings. The molecule has 0 aliphatic carbocycles. The lowest BCUT2D eigenvalue weighted by Gasteiger charge is -2.08. The van der Waals surface area contributed by atoms with Gasteiger partial charge in [-0.1, -0.05) is 126 Å². The molecule has 0 aromatic heterocycles. The molecule has 0 aliphatic heterocycles. The molecule has 83 heavy (non-hydrogen) atoms. The SMILES string of the molecule is Cc1cc(NC(=O)CCc2ccccc2)ccc1C(=O)O.Cc1ccc(NC(=O)CCc2ccccc2)cc1.Cc1ccc(S(=O)(=O)NCC(=O)Nc2ccc(C#N)cc2)cc1.O=C(CCCc1ccccc1)Nc1ccc(C(=O)O)cc1. The van der Waals surface area contributed by atoms with E-state index >= 15 is 0 Å². The van der Waals surface area contributed by atoms with Gasteiger partial charge in [-0.05, 0) is 160 Å². The summed E-state index contributed by atoms with van der Waals surface area (Å²) in [6.45, 7) is 5.22. The Hall–Kier alpha value is -10.0. The van der Waals surface area contributed by atoms with Crippen LogP contribution < -0.4 is 26.0 Å². The van der Waals surface area contributed by atoms with Crippen molar-refractivity contribution in [1.82, 2.24) is 4.72 Å². The maximum Gasteiger partial charge on any atom is 0.335 e. The van der Waals surface area contributed by atoms with Gasteiger partial charge >= 0.3 is 11.9 Å². The average molecular weight is 1140 g/mol. The van der Waals surface area contributed by atoms with Crippen molar-refractivity contribution in [1.29, 1.82) is 5.26 Å². The number of amides is 4. The van der Waals surface area contributed by atoms with Crippen LogP contribution >= 0.6 is 0 Å². The van der Waals surface area contributed by atoms with E-state index in [0.29, 0.717) is 53.9 Å². The van der Waals surface area contributed by atoms with Crippen molar-refractivity contribution in [2.45, 2.75) is 70.6 Å². The first-order valence-corrected chi connectivity index (χ1v) is 28.0. The van der Waals surface area contributed by atoms with Crippen molar-refractivity contribution >= 4 is 68.3 Å². The maximum absolute atomic E-state index is 12.1. The molecule has 0 radical (unpaired) electrons. The fourth-order valence-electron chi connectivity index (χ4n) is 7.68. The van der Waals surface area contributed by atoms with E-state index in [9.17, 15) is 37.2 Å². The molecule has 0 atom stereocenters. The third-order valence-electron chi connectivity index (χ3n) is 12.2. The summed E-state index contributed by atoms with van der Waals surface area (Å²) < 4.78 is 26.4. The Balaban J connectivity index is 0.000000203. The smallest absolute Gasteiger partial charge is 0.335 e. The van der Waals surface area contributed by atoms with Gasteiger partial charge in [0.25, 0.3) is 0 Å². The molecule has 426 valence electrons. The second-order valence-corrected chi connectivity index (χ2v) is 20.7. The minimum Gasteiger partial charge on any atom is -0.478 e. The topological polar surface area (TPSA) is 261 Å². The number of carboxylic acid groups (broad SMARTS) is 2. The van der Waals surface area contributed by atoms with Gasteiger partial charge in [0, 0.05) is 42.0 Å². The van der Waals surface area contributed by atoms with Gasteiger partial charge in [-0.2, -0.15) is 5.26 Å². The average Bonchev–Trinajstić information content (AvgIpc) is 3.50. The highest BCUT2D eigenvalue weighted by Crippen LogP contribution is 2.17. The maximum atomic E-state index is 12.1. The van der Waals surface area contributed by atoms with E-state index < -0.39 is 27.9 Å². The number of carbonyl (C=O) groups excluding carboxylic acids is 4. The molecule has 8 aromatic carbocycles. The van der Waals surface area contributed by atoms with Gasteiger partial charge in [-0.3, -0.25) is 19.2 Å². The van der Waals surface area contributed by atoms with Crippen LogP contribution in [-0.2, 0) is 48.5 Å². The Labute approximate surface area is 484 Å². The van der Waals surface area contributed by atoms with Crippen LogP contribution in [0.1, 0.15) is 85.3 Å². The first-order valence-electron chi connectivity index (χ1n) is 26.5. The van der Waals surface area contributed by atoms with Gasteiger partial charge in [-0.15, -0.1) is 0 Å². The summed E-state index contributed by atoms with van der Waals surface area (Å²) in [6, 6.07) is 63.2. The molecule has 7 N–H and O–H groups in total. The van der Waals surface area contributed by atoms with E-state index in [1.165, 1.54) is 47.0 Å². The number of nitrogens with one attached hydrogen (secondary N) is 5. The number of sulfonamides is 1. The number of hydrogen-bond donors (Lipinski definition) is 7. The quantitative estimate of drug-likeness (QED) is 0.0377. The number of carboxylic acids is 2. The summed E-state index contributed by atoms with van der Waals surface area (Å²) in [5.74, 6) is -2.52. The number of carbonyl (C=O) groups is 6. The van der Waals surface area contributed by atoms with Crippen LogP contribution in [-0.4, -0.2) is 60.7 Å². The number of rotatable bonds is 20. The first kappa shape index (κ1) is 63.8. The number of benzene rings is 8. The Bertz CT molecular complexity index is 3540. The summed E-state index contributed by atoms with van der Waals surface area (Å²) in [5.41, 5.74) is 9.81. The normalized spacial score (nSPS) is 10.3. The highest BCUT2D eigenvalue weighted by atomic mass is 32.2. The Morgan fingerprint density at radius 2 is 0.843 bits per heavy atom. The Kier molecular flexibility index (Phi) is 25.8. The van der Waals surface area contributed by atoms with Crippen molar-refractivity contribution in [3.05, 3.63) is 256 Å². The molecule has 8 rings (SSSR count). The fourth-order valence-corrected chi connectivity index (χ4v) is 8.66. The zero-order valence-electron chi connectivity index (χ0n) is 46.3. The van der Waals surface area contributed by atoms with Crippen molar-refractivity contribution in [2.75, 3.05) is 27.8 Å². The second kappa shape index (κ2) is 33.5. The molecule has 0 saturated carbocycles. The number of hydrogen-bond acceptors (Lipinski definition) is 9. The molecular formula is C66H66N6O10S.